The molecule has 1 aliphatic carbocycles. The minimum absolute atomic E-state index is 0.887. The Balaban J connectivity index is 2.03. The van der Waals surface area contributed by atoms with Gasteiger partial charge in [0.25, 0.3) is 0 Å². The van der Waals surface area contributed by atoms with E-state index in [1.54, 1.807) is 0 Å². The molecule has 1 aromatic heterocycles. The first-order valence-corrected chi connectivity index (χ1v) is 6.52. The second-order valence-corrected chi connectivity index (χ2v) is 5.19. The number of nitrogens with zero attached hydrogens (tertiary/aromatic N) is 2. The summed E-state index contributed by atoms with van der Waals surface area (Å²) in [5, 5.41) is 3.16. The first kappa shape index (κ1) is 12.4. The van der Waals surface area contributed by atoms with Crippen molar-refractivity contribution < 1.29 is 0 Å². The fraction of sp³-hybridized carbons (Fsp3) is 0.643. The van der Waals surface area contributed by atoms with Crippen molar-refractivity contribution in [3.63, 3.8) is 0 Å². The van der Waals surface area contributed by atoms with Crippen LogP contribution in [0, 0.1) is 12.8 Å². The average molecular weight is 233 g/mol. The zero-order chi connectivity index (χ0) is 12.3. The van der Waals surface area contributed by atoms with E-state index in [1.165, 1.54) is 30.4 Å². The van der Waals surface area contributed by atoms with Crippen molar-refractivity contribution in [1.29, 1.82) is 0 Å². The van der Waals surface area contributed by atoms with Gasteiger partial charge in [0.05, 0.1) is 0 Å². The summed E-state index contributed by atoms with van der Waals surface area (Å²) in [5.41, 5.74) is 2.53. The minimum Gasteiger partial charge on any atom is -0.359 e. The Morgan fingerprint density at radius 3 is 2.76 bits per heavy atom. The summed E-state index contributed by atoms with van der Waals surface area (Å²) < 4.78 is 0. The van der Waals surface area contributed by atoms with Crippen molar-refractivity contribution in [2.75, 3.05) is 25.5 Å². The summed E-state index contributed by atoms with van der Waals surface area (Å²) in [6.07, 6.45) is 6.17. The van der Waals surface area contributed by atoms with Crippen LogP contribution < -0.4 is 10.2 Å². The maximum Gasteiger partial charge on any atom is 0.131 e. The molecule has 0 aromatic carbocycles. The fourth-order valence-electron chi connectivity index (χ4n) is 2.48. The van der Waals surface area contributed by atoms with Crippen molar-refractivity contribution in [2.45, 2.75) is 32.7 Å². The van der Waals surface area contributed by atoms with Gasteiger partial charge in [-0.2, -0.15) is 0 Å². The van der Waals surface area contributed by atoms with Gasteiger partial charge in [-0.05, 0) is 49.9 Å². The van der Waals surface area contributed by atoms with Gasteiger partial charge in [-0.1, -0.05) is 6.42 Å². The van der Waals surface area contributed by atoms with Crippen molar-refractivity contribution in [2.24, 2.45) is 5.92 Å². The molecule has 0 aliphatic heterocycles. The number of rotatable bonds is 5. The van der Waals surface area contributed by atoms with Gasteiger partial charge in [-0.25, -0.2) is 4.98 Å². The van der Waals surface area contributed by atoms with E-state index < -0.39 is 0 Å². The SMILES string of the molecule is CNCc1cnc(N(C)CC2CCC2)c(C)c1. The lowest BCUT2D eigenvalue weighted by Gasteiger charge is -2.31. The molecular weight excluding hydrogens is 210 g/mol. The molecule has 2 rings (SSSR count). The monoisotopic (exact) mass is 233 g/mol. The average Bonchev–Trinajstić information content (AvgIpc) is 2.24. The Morgan fingerprint density at radius 1 is 1.47 bits per heavy atom. The maximum atomic E-state index is 4.59. The maximum absolute atomic E-state index is 4.59. The topological polar surface area (TPSA) is 28.2 Å². The van der Waals surface area contributed by atoms with E-state index in [0.717, 1.165) is 24.8 Å². The molecule has 0 amide bonds. The molecule has 0 atom stereocenters. The largest absolute Gasteiger partial charge is 0.359 e. The zero-order valence-corrected chi connectivity index (χ0v) is 11.2. The number of pyridine rings is 1. The molecule has 0 bridgehead atoms. The van der Waals surface area contributed by atoms with Crippen LogP contribution in [0.15, 0.2) is 12.3 Å². The number of aromatic nitrogens is 1. The van der Waals surface area contributed by atoms with Crippen LogP contribution in [0.5, 0.6) is 0 Å². The number of anilines is 1. The van der Waals surface area contributed by atoms with Gasteiger partial charge in [0.2, 0.25) is 0 Å². The van der Waals surface area contributed by atoms with Gasteiger partial charge in [-0.15, -0.1) is 0 Å². The number of nitrogens with one attached hydrogen (secondary N) is 1. The van der Waals surface area contributed by atoms with E-state index in [-0.39, 0.29) is 0 Å². The Kier molecular flexibility index (Phi) is 4.00. The second kappa shape index (κ2) is 5.50. The standard InChI is InChI=1S/C14H23N3/c1-11-7-13(8-15-2)9-16-14(11)17(3)10-12-5-4-6-12/h7,9,12,15H,4-6,8,10H2,1-3H3. The van der Waals surface area contributed by atoms with Gasteiger partial charge in [-0.3, -0.25) is 0 Å². The van der Waals surface area contributed by atoms with Crippen LogP contribution >= 0.6 is 0 Å². The molecule has 1 heterocycles. The highest BCUT2D eigenvalue weighted by atomic mass is 15.2. The summed E-state index contributed by atoms with van der Waals surface area (Å²) in [7, 11) is 4.12. The van der Waals surface area contributed by atoms with E-state index in [1.807, 2.05) is 13.2 Å². The van der Waals surface area contributed by atoms with Crippen molar-refractivity contribution >= 4 is 5.82 Å². The second-order valence-electron chi connectivity index (χ2n) is 5.19. The summed E-state index contributed by atoms with van der Waals surface area (Å²) in [6.45, 7) is 4.19. The molecule has 0 radical (unpaired) electrons. The van der Waals surface area contributed by atoms with E-state index in [9.17, 15) is 0 Å². The molecule has 3 heteroatoms. The molecule has 1 aliphatic rings. The highest BCUT2D eigenvalue weighted by molar-refractivity contribution is 5.46. The molecule has 0 saturated heterocycles. The zero-order valence-electron chi connectivity index (χ0n) is 11.2. The van der Waals surface area contributed by atoms with Crippen molar-refractivity contribution in [1.82, 2.24) is 10.3 Å². The smallest absolute Gasteiger partial charge is 0.131 e. The number of aryl methyl sites for hydroxylation is 1. The lowest BCUT2D eigenvalue weighted by atomic mass is 9.85. The molecule has 1 N–H and O–H groups in total. The molecule has 17 heavy (non-hydrogen) atoms. The van der Waals surface area contributed by atoms with Crippen molar-refractivity contribution in [3.8, 4) is 0 Å². The molecule has 3 nitrogen and oxygen atoms in total. The third-order valence-corrected chi connectivity index (χ3v) is 3.61. The van der Waals surface area contributed by atoms with Crippen LogP contribution in [0.3, 0.4) is 0 Å². The Hall–Kier alpha value is -1.09. The molecule has 94 valence electrons. The Labute approximate surface area is 104 Å². The summed E-state index contributed by atoms with van der Waals surface area (Å²) in [4.78, 5) is 6.90. The van der Waals surface area contributed by atoms with Crippen LogP contribution in [0.25, 0.3) is 0 Å². The number of hydrogen-bond acceptors (Lipinski definition) is 3. The highest BCUT2D eigenvalue weighted by Crippen LogP contribution is 2.28. The fourth-order valence-corrected chi connectivity index (χ4v) is 2.48. The molecule has 0 unspecified atom stereocenters. The Morgan fingerprint density at radius 2 is 2.24 bits per heavy atom. The van der Waals surface area contributed by atoms with Gasteiger partial charge in [0, 0.05) is 26.3 Å². The van der Waals surface area contributed by atoms with Gasteiger partial charge < -0.3 is 10.2 Å². The van der Waals surface area contributed by atoms with E-state index in [0.29, 0.717) is 0 Å². The first-order chi connectivity index (χ1) is 8.20. The third-order valence-electron chi connectivity index (χ3n) is 3.61. The van der Waals surface area contributed by atoms with E-state index >= 15 is 0 Å². The molecule has 1 aromatic rings. The van der Waals surface area contributed by atoms with E-state index in [4.69, 9.17) is 0 Å². The summed E-state index contributed by atoms with van der Waals surface area (Å²) >= 11 is 0. The number of hydrogen-bond donors (Lipinski definition) is 1. The molecule has 1 saturated carbocycles. The van der Waals surface area contributed by atoms with Gasteiger partial charge in [0.15, 0.2) is 0 Å². The predicted molar refractivity (Wildman–Crippen MR) is 72.3 cm³/mol. The quantitative estimate of drug-likeness (QED) is 0.846. The van der Waals surface area contributed by atoms with Crippen molar-refractivity contribution in [3.05, 3.63) is 23.4 Å². The van der Waals surface area contributed by atoms with Crippen LogP contribution in [-0.2, 0) is 6.54 Å². The normalized spacial score (nSPS) is 15.7. The summed E-state index contributed by atoms with van der Waals surface area (Å²) in [5.74, 6) is 2.02. The lowest BCUT2D eigenvalue weighted by Crippen LogP contribution is -2.30. The molecule has 1 fully saturated rings. The van der Waals surface area contributed by atoms with Crippen LogP contribution in [0.2, 0.25) is 0 Å². The van der Waals surface area contributed by atoms with Crippen LogP contribution in [0.1, 0.15) is 30.4 Å². The van der Waals surface area contributed by atoms with Gasteiger partial charge >= 0.3 is 0 Å². The van der Waals surface area contributed by atoms with E-state index in [2.05, 4.69) is 35.2 Å². The third kappa shape index (κ3) is 2.97. The Bertz CT molecular complexity index is 372. The molecule has 0 spiro atoms. The van der Waals surface area contributed by atoms with Gasteiger partial charge in [0.1, 0.15) is 5.82 Å². The first-order valence-electron chi connectivity index (χ1n) is 6.52. The minimum atomic E-state index is 0.887. The predicted octanol–water partition coefficient (Wildman–Crippen LogP) is 2.35. The molecular formula is C14H23N3. The van der Waals surface area contributed by atoms with Crippen LogP contribution in [0.4, 0.5) is 5.82 Å². The lowest BCUT2D eigenvalue weighted by molar-refractivity contribution is 0.321. The highest BCUT2D eigenvalue weighted by Gasteiger charge is 2.20. The van der Waals surface area contributed by atoms with Crippen LogP contribution in [-0.4, -0.2) is 25.6 Å². The summed E-state index contributed by atoms with van der Waals surface area (Å²) in [6, 6.07) is 2.23.